The number of hydrogen-bond donors (Lipinski definition) is 5. The molecule has 6 atom stereocenters. The van der Waals surface area contributed by atoms with Gasteiger partial charge in [-0.05, 0) is 106 Å². The number of thioether (sulfide) groups is 1. The van der Waals surface area contributed by atoms with Crippen LogP contribution in [0.3, 0.4) is 0 Å². The van der Waals surface area contributed by atoms with Crippen LogP contribution in [0.4, 0.5) is 5.82 Å². The van der Waals surface area contributed by atoms with Crippen LogP contribution in [0.25, 0.3) is 11.4 Å². The number of H-pyrrole nitrogens is 1. The molecule has 2 heterocycles. The van der Waals surface area contributed by atoms with E-state index in [0.717, 1.165) is 12.8 Å². The van der Waals surface area contributed by atoms with Gasteiger partial charge in [0, 0.05) is 57.4 Å². The molecule has 3 aliphatic rings. The van der Waals surface area contributed by atoms with Gasteiger partial charge in [0.05, 0.1) is 35.0 Å². The van der Waals surface area contributed by atoms with Crippen LogP contribution >= 0.6 is 11.8 Å². The zero-order chi connectivity index (χ0) is 53.4. The Bertz CT molecular complexity index is 2120. The molecule has 13 nitrogen and oxygen atoms in total. The Balaban J connectivity index is 0.00000888. The van der Waals surface area contributed by atoms with E-state index in [1.165, 1.54) is 11.8 Å². The summed E-state index contributed by atoms with van der Waals surface area (Å²) < 4.78 is 13.7. The van der Waals surface area contributed by atoms with Crippen molar-refractivity contribution in [3.63, 3.8) is 0 Å². The number of rotatable bonds is 14. The van der Waals surface area contributed by atoms with Gasteiger partial charge in [-0.15, -0.1) is 11.8 Å². The number of amidine groups is 1. The minimum Gasteiger partial charge on any atom is -0.481 e. The predicted molar refractivity (Wildman–Crippen MR) is 283 cm³/mol. The fourth-order valence-electron chi connectivity index (χ4n) is 10.5. The normalized spacial score (nSPS) is 25.5. The maximum absolute atomic E-state index is 15.1. The molecule has 0 radical (unpaired) electrons. The number of carboxylic acid groups (broad SMARTS) is 1. The number of allylic oxidation sites excluding steroid dienone is 1. The average Bonchev–Trinajstić information content (AvgIpc) is 3.73. The molecule has 0 spiro atoms. The van der Waals surface area contributed by atoms with Crippen molar-refractivity contribution in [2.24, 2.45) is 61.7 Å². The van der Waals surface area contributed by atoms with Gasteiger partial charge in [-0.1, -0.05) is 132 Å². The van der Waals surface area contributed by atoms with Gasteiger partial charge >= 0.3 is 11.9 Å². The van der Waals surface area contributed by atoms with Crippen molar-refractivity contribution in [2.75, 3.05) is 11.1 Å². The first-order chi connectivity index (χ1) is 31.9. The fourth-order valence-corrected chi connectivity index (χ4v) is 11.3. The van der Waals surface area contributed by atoms with E-state index in [0.29, 0.717) is 40.9 Å². The molecule has 0 aromatic carbocycles. The third-order valence-corrected chi connectivity index (χ3v) is 15.8. The Morgan fingerprint density at radius 2 is 1.31 bits per heavy atom. The average molecular weight is 1160 g/mol. The Morgan fingerprint density at radius 3 is 1.74 bits per heavy atom. The number of amides is 2. The topological polar surface area (TPSA) is 202 Å². The van der Waals surface area contributed by atoms with E-state index in [1.54, 1.807) is 33.8 Å². The number of hydrogen-bond acceptors (Lipinski definition) is 9. The molecule has 1 aromatic rings. The van der Waals surface area contributed by atoms with Crippen LogP contribution in [0.1, 0.15) is 200 Å². The molecular formula is C56H90MoN4O9SZn-2. The maximum atomic E-state index is 15.1. The second-order valence-corrected chi connectivity index (χ2v) is 27.7. The van der Waals surface area contributed by atoms with Crippen LogP contribution in [0.5, 0.6) is 0 Å². The van der Waals surface area contributed by atoms with E-state index >= 15 is 4.79 Å². The Hall–Kier alpha value is -2.15. The van der Waals surface area contributed by atoms with Gasteiger partial charge in [0.25, 0.3) is 0 Å². The van der Waals surface area contributed by atoms with Crippen LogP contribution in [-0.2, 0) is 69.2 Å². The molecule has 1 aliphatic heterocycles. The fraction of sp³-hybridized carbons (Fsp3) is 0.750. The molecular weight excluding hydrogens is 1070 g/mol. The van der Waals surface area contributed by atoms with E-state index < -0.39 is 59.0 Å². The molecule has 0 bridgehead atoms. The number of aliphatic imine (C=N–C) groups is 1. The molecule has 5 N–H and O–H groups in total. The number of aliphatic carboxylic acids is 1. The van der Waals surface area contributed by atoms with Crippen molar-refractivity contribution in [1.82, 2.24) is 4.98 Å². The Morgan fingerprint density at radius 1 is 0.806 bits per heavy atom. The monoisotopic (exact) mass is 1160 g/mol. The summed E-state index contributed by atoms with van der Waals surface area (Å²) in [6.45, 7) is 40.7. The van der Waals surface area contributed by atoms with Gasteiger partial charge in [0.15, 0.2) is 12.2 Å². The van der Waals surface area contributed by atoms with Crippen LogP contribution in [0.2, 0.25) is 0 Å². The first kappa shape index (κ1) is 66.0. The maximum Gasteiger partial charge on any atom is 0.338 e. The summed E-state index contributed by atoms with van der Waals surface area (Å²) in [6, 6.07) is 0. The number of carbonyl (C=O) groups excluding carboxylic acids is 3. The summed E-state index contributed by atoms with van der Waals surface area (Å²) in [5, 5.41) is 40.5. The van der Waals surface area contributed by atoms with Crippen molar-refractivity contribution < 1.29 is 84.5 Å². The number of aromatic nitrogens is 1. The summed E-state index contributed by atoms with van der Waals surface area (Å²) >= 11 is 1.21. The summed E-state index contributed by atoms with van der Waals surface area (Å²) in [4.78, 5) is 62.2. The number of esters is 1. The van der Waals surface area contributed by atoms with Crippen molar-refractivity contribution in [1.29, 1.82) is 0 Å². The van der Waals surface area contributed by atoms with Gasteiger partial charge in [-0.25, -0.2) is 4.79 Å². The first-order valence-corrected chi connectivity index (χ1v) is 26.7. The largest absolute Gasteiger partial charge is 0.481 e. The zero-order valence-electron chi connectivity index (χ0n) is 47.5. The van der Waals surface area contributed by atoms with E-state index in [9.17, 15) is 29.7 Å². The first-order valence-electron chi connectivity index (χ1n) is 25.6. The van der Waals surface area contributed by atoms with Crippen molar-refractivity contribution in [2.45, 2.75) is 206 Å². The summed E-state index contributed by atoms with van der Waals surface area (Å²) in [6.07, 6.45) is 3.58. The van der Waals surface area contributed by atoms with E-state index in [1.807, 2.05) is 27.7 Å². The molecule has 2 amide bonds. The van der Waals surface area contributed by atoms with Gasteiger partial charge in [0.1, 0.15) is 11.9 Å². The number of carbonyl (C=O) groups is 4. The number of anilines is 1. The van der Waals surface area contributed by atoms with E-state index in [-0.39, 0.29) is 127 Å². The van der Waals surface area contributed by atoms with Crippen LogP contribution in [-0.4, -0.2) is 79.2 Å². The van der Waals surface area contributed by atoms with E-state index in [2.05, 4.69) is 105 Å². The van der Waals surface area contributed by atoms with Gasteiger partial charge in [-0.3, -0.25) is 14.4 Å². The third kappa shape index (κ3) is 16.4. The van der Waals surface area contributed by atoms with Gasteiger partial charge in [0.2, 0.25) is 5.91 Å². The summed E-state index contributed by atoms with van der Waals surface area (Å²) in [7, 11) is 0. The SMILES string of the molecule is CC(C)C1=C(C(=O)OC2C(C(C)(C)C)C[CH-]CC2C(C)(C)C)C(=NC(=O)C(C)(C)C)[N-]/C1=C\c1[nH]c(NC(=O)C(C)SCCC(=O)O)c(C(O)OC2C(C(C)(C)C)CC(O)CC2C(C)(C)C)c1C(C)C.[Mo].[Zn]. The van der Waals surface area contributed by atoms with Crippen molar-refractivity contribution in [3.8, 4) is 0 Å². The minimum atomic E-state index is -1.55. The number of aliphatic hydroxyl groups is 2. The number of nitrogens with zero attached hydrogens (tertiary/aromatic N) is 2. The summed E-state index contributed by atoms with van der Waals surface area (Å²) in [5.74, 6) is -2.76. The number of aromatic amines is 1. The molecule has 2 aliphatic carbocycles. The number of carboxylic acids is 1. The van der Waals surface area contributed by atoms with Crippen molar-refractivity contribution >= 4 is 53.2 Å². The molecule has 0 saturated heterocycles. The molecule has 4 rings (SSSR count). The molecule has 6 unspecified atom stereocenters. The molecule has 404 valence electrons. The molecule has 1 aromatic heterocycles. The zero-order valence-corrected chi connectivity index (χ0v) is 53.2. The van der Waals surface area contributed by atoms with Crippen LogP contribution in [0, 0.1) is 63.1 Å². The van der Waals surface area contributed by atoms with Crippen LogP contribution in [0.15, 0.2) is 21.8 Å². The standard InChI is InChI=1S/C56H91N4O9S.Mo.Zn/c1-29(2)40-37(57-46(59-48(64)31(5)70-25-24-39(62)63)42(40)49(65)69-45-35(54(12,13)14)26-32(61)27-36(45)55(15,16)17)28-38-41(30(3)4)43(47(58-38)60-51(67)56(18,19)20)50(66)68-44-33(52(6,7)8)22-21-23-34(44)53(9,10)11;;/h21,28-36,44-45,49,61,65H,22-27H2,1-20H3,(H4,57,58,59,60,62,63,64,66,67);;/q-1;;/p-1. The molecule has 2 saturated carbocycles. The van der Waals surface area contributed by atoms with Crippen molar-refractivity contribution in [3.05, 3.63) is 45.4 Å². The van der Waals surface area contributed by atoms with Gasteiger partial charge in [-0.2, -0.15) is 12.8 Å². The quantitative estimate of drug-likeness (QED) is 0.0516. The van der Waals surface area contributed by atoms with Crippen LogP contribution < -0.4 is 5.32 Å². The van der Waals surface area contributed by atoms with E-state index in [4.69, 9.17) is 14.8 Å². The van der Waals surface area contributed by atoms with Gasteiger partial charge < -0.3 is 51.8 Å². The minimum absolute atomic E-state index is 0. The third-order valence-electron chi connectivity index (χ3n) is 14.6. The predicted octanol–water partition coefficient (Wildman–Crippen LogP) is 12.4. The number of ether oxygens (including phenoxy) is 2. The second kappa shape index (κ2) is 25.3. The summed E-state index contributed by atoms with van der Waals surface area (Å²) in [5.41, 5.74) is 0.675. The molecule has 16 heteroatoms. The Kier molecular flexibility index (Phi) is 23.2. The molecule has 72 heavy (non-hydrogen) atoms. The number of aliphatic hydroxyl groups excluding tert-OH is 2. The smallest absolute Gasteiger partial charge is 0.338 e. The second-order valence-electron chi connectivity index (χ2n) is 26.2. The molecule has 2 fully saturated rings. The number of nitrogens with one attached hydrogen (secondary N) is 2. The Labute approximate surface area is 464 Å².